The fourth-order valence-electron chi connectivity index (χ4n) is 1.78. The molecule has 0 bridgehead atoms. The van der Waals surface area contributed by atoms with Gasteiger partial charge in [-0.15, -0.1) is 0 Å². The van der Waals surface area contributed by atoms with Crippen molar-refractivity contribution in [3.05, 3.63) is 0 Å². The van der Waals surface area contributed by atoms with Gasteiger partial charge in [-0.3, -0.25) is 19.2 Å². The van der Waals surface area contributed by atoms with Crippen LogP contribution in [0, 0.1) is 11.8 Å². The lowest BCUT2D eigenvalue weighted by molar-refractivity contribution is -0.179. The largest absolute Gasteiger partial charge is 0.534 e. The average Bonchev–Trinajstić information content (AvgIpc) is 2.69. The lowest BCUT2D eigenvalue weighted by atomic mass is 9.96. The summed E-state index contributed by atoms with van der Waals surface area (Å²) < 4.78 is 5.02. The molecule has 1 fully saturated rings. The molecule has 0 aromatic heterocycles. The summed E-state index contributed by atoms with van der Waals surface area (Å²) in [6.07, 6.45) is -1.76. The number of ether oxygens (including phenoxy) is 1. The zero-order chi connectivity index (χ0) is 16.2. The van der Waals surface area contributed by atoms with Crippen molar-refractivity contribution in [3.63, 3.8) is 0 Å². The molecule has 2 unspecified atom stereocenters. The second kappa shape index (κ2) is 7.05. The van der Waals surface area contributed by atoms with Crippen LogP contribution in [-0.2, 0) is 24.0 Å². The maximum atomic E-state index is 11.6. The molecule has 1 heterocycles. The highest BCUT2D eigenvalue weighted by Crippen LogP contribution is 2.19. The number of carbonyl (C=O) groups is 4. The molecule has 1 rings (SSSR count). The van der Waals surface area contributed by atoms with Crippen molar-refractivity contribution >= 4 is 23.9 Å². The molecule has 0 spiro atoms. The second-order valence-electron chi connectivity index (χ2n) is 5.30. The molecule has 8 heteroatoms. The Bertz CT molecular complexity index is 430. The molecule has 0 radical (unpaired) electrons. The van der Waals surface area contributed by atoms with E-state index < -0.39 is 36.0 Å². The number of carboxylic acid groups (broad SMARTS) is 1. The molecule has 8 nitrogen and oxygen atoms in total. The Morgan fingerprint density at radius 3 is 2.14 bits per heavy atom. The number of imide groups is 1. The first kappa shape index (κ1) is 16.9. The van der Waals surface area contributed by atoms with Crippen molar-refractivity contribution in [2.45, 2.75) is 46.1 Å². The Labute approximate surface area is 121 Å². The minimum absolute atomic E-state index is 0.00420. The predicted octanol–water partition coefficient (Wildman–Crippen LogP) is 1.34. The third-order valence-electron chi connectivity index (χ3n) is 3.17. The normalized spacial score (nSPS) is 17.8. The van der Waals surface area contributed by atoms with E-state index in [-0.39, 0.29) is 25.2 Å². The lowest BCUT2D eigenvalue weighted by Crippen LogP contribution is -2.35. The van der Waals surface area contributed by atoms with E-state index in [1.165, 1.54) is 6.92 Å². The van der Waals surface area contributed by atoms with Crippen molar-refractivity contribution in [2.75, 3.05) is 0 Å². The van der Waals surface area contributed by atoms with Gasteiger partial charge in [0.05, 0.1) is 5.92 Å². The average molecular weight is 301 g/mol. The summed E-state index contributed by atoms with van der Waals surface area (Å²) >= 11 is 0. The summed E-state index contributed by atoms with van der Waals surface area (Å²) in [5.74, 6) is -3.03. The van der Waals surface area contributed by atoms with Crippen LogP contribution in [-0.4, -0.2) is 40.2 Å². The summed E-state index contributed by atoms with van der Waals surface area (Å²) in [4.78, 5) is 49.6. The van der Waals surface area contributed by atoms with Gasteiger partial charge in [-0.05, 0) is 12.3 Å². The van der Waals surface area contributed by atoms with Crippen LogP contribution in [0.15, 0.2) is 0 Å². The van der Waals surface area contributed by atoms with E-state index in [1.54, 1.807) is 13.8 Å². The molecule has 118 valence electrons. The van der Waals surface area contributed by atoms with Crippen LogP contribution in [0.4, 0.5) is 4.79 Å². The standard InChI is InChI=1S/C13H19NO7/c1-7(2)9(6-8(3)12(17)18)20-13(19)21-14-10(15)4-5-11(14)16/h7-9H,4-6H2,1-3H3,(H,17,18). The van der Waals surface area contributed by atoms with Gasteiger partial charge in [-0.2, -0.15) is 0 Å². The maximum absolute atomic E-state index is 11.6. The number of nitrogens with zero attached hydrogens (tertiary/aromatic N) is 1. The van der Waals surface area contributed by atoms with Crippen molar-refractivity contribution < 1.29 is 33.9 Å². The first-order chi connectivity index (χ1) is 9.72. The first-order valence-corrected chi connectivity index (χ1v) is 6.69. The number of amides is 2. The molecule has 1 N–H and O–H groups in total. The molecule has 21 heavy (non-hydrogen) atoms. The quantitative estimate of drug-likeness (QED) is 0.582. The predicted molar refractivity (Wildman–Crippen MR) is 68.7 cm³/mol. The molecular formula is C13H19NO7. The van der Waals surface area contributed by atoms with E-state index in [0.717, 1.165) is 0 Å². The zero-order valence-electron chi connectivity index (χ0n) is 12.2. The molecule has 1 aliphatic rings. The van der Waals surface area contributed by atoms with Crippen molar-refractivity contribution in [1.82, 2.24) is 5.06 Å². The number of aliphatic carboxylic acids is 1. The molecule has 0 aromatic rings. The monoisotopic (exact) mass is 301 g/mol. The van der Waals surface area contributed by atoms with Gasteiger partial charge in [-0.1, -0.05) is 25.8 Å². The molecule has 0 saturated carbocycles. The fourth-order valence-corrected chi connectivity index (χ4v) is 1.78. The second-order valence-corrected chi connectivity index (χ2v) is 5.30. The van der Waals surface area contributed by atoms with Crippen LogP contribution < -0.4 is 0 Å². The Balaban J connectivity index is 2.58. The first-order valence-electron chi connectivity index (χ1n) is 6.69. The van der Waals surface area contributed by atoms with Crippen molar-refractivity contribution in [3.8, 4) is 0 Å². The van der Waals surface area contributed by atoms with Gasteiger partial charge in [0.1, 0.15) is 6.10 Å². The van der Waals surface area contributed by atoms with E-state index in [2.05, 4.69) is 4.84 Å². The summed E-state index contributed by atoms with van der Waals surface area (Å²) in [7, 11) is 0. The van der Waals surface area contributed by atoms with Gasteiger partial charge in [-0.25, -0.2) is 4.79 Å². The van der Waals surface area contributed by atoms with Crippen LogP contribution in [0.2, 0.25) is 0 Å². The Morgan fingerprint density at radius 2 is 1.71 bits per heavy atom. The number of rotatable bonds is 6. The molecule has 1 aliphatic heterocycles. The summed E-state index contributed by atoms with van der Waals surface area (Å²) in [6, 6.07) is 0. The fraction of sp³-hybridized carbons (Fsp3) is 0.692. The SMILES string of the molecule is CC(CC(OC(=O)ON1C(=O)CCC1=O)C(C)C)C(=O)O. The minimum Gasteiger partial charge on any atom is -0.481 e. The molecule has 0 aliphatic carbocycles. The summed E-state index contributed by atoms with van der Waals surface area (Å²) in [5, 5.41) is 9.27. The number of carboxylic acids is 1. The number of hydrogen-bond donors (Lipinski definition) is 1. The van der Waals surface area contributed by atoms with E-state index in [9.17, 15) is 19.2 Å². The van der Waals surface area contributed by atoms with Crippen LogP contribution in [0.5, 0.6) is 0 Å². The molecule has 1 saturated heterocycles. The van der Waals surface area contributed by atoms with Crippen LogP contribution in [0.25, 0.3) is 0 Å². The lowest BCUT2D eigenvalue weighted by Gasteiger charge is -2.23. The minimum atomic E-state index is -1.19. The van der Waals surface area contributed by atoms with Gasteiger partial charge in [0, 0.05) is 12.8 Å². The van der Waals surface area contributed by atoms with Gasteiger partial charge in [0.2, 0.25) is 0 Å². The van der Waals surface area contributed by atoms with E-state index in [1.807, 2.05) is 0 Å². The smallest absolute Gasteiger partial charge is 0.481 e. The highest BCUT2D eigenvalue weighted by atomic mass is 16.8. The van der Waals surface area contributed by atoms with Crippen LogP contribution >= 0.6 is 0 Å². The van der Waals surface area contributed by atoms with E-state index in [0.29, 0.717) is 5.06 Å². The molecule has 0 aromatic carbocycles. The highest BCUT2D eigenvalue weighted by molar-refractivity contribution is 6.01. The van der Waals surface area contributed by atoms with Crippen molar-refractivity contribution in [1.29, 1.82) is 0 Å². The topological polar surface area (TPSA) is 110 Å². The molecule has 2 amide bonds. The zero-order valence-corrected chi connectivity index (χ0v) is 12.2. The number of carbonyl (C=O) groups excluding carboxylic acids is 3. The maximum Gasteiger partial charge on any atom is 0.534 e. The molecular weight excluding hydrogens is 282 g/mol. The van der Waals surface area contributed by atoms with Gasteiger partial charge in [0.25, 0.3) is 11.8 Å². The summed E-state index contributed by atoms with van der Waals surface area (Å²) in [6.45, 7) is 5.03. The number of hydrogen-bond acceptors (Lipinski definition) is 6. The Kier molecular flexibility index (Phi) is 5.69. The van der Waals surface area contributed by atoms with Crippen LogP contribution in [0.1, 0.15) is 40.0 Å². The van der Waals surface area contributed by atoms with Crippen molar-refractivity contribution in [2.24, 2.45) is 11.8 Å². The molecule has 2 atom stereocenters. The Hall–Kier alpha value is -2.12. The third kappa shape index (κ3) is 4.73. The van der Waals surface area contributed by atoms with E-state index in [4.69, 9.17) is 9.84 Å². The highest BCUT2D eigenvalue weighted by Gasteiger charge is 2.34. The van der Waals surface area contributed by atoms with Crippen LogP contribution in [0.3, 0.4) is 0 Å². The van der Waals surface area contributed by atoms with Gasteiger partial charge in [0.15, 0.2) is 0 Å². The number of hydroxylamine groups is 2. The Morgan fingerprint density at radius 1 is 1.19 bits per heavy atom. The van der Waals surface area contributed by atoms with Gasteiger partial charge >= 0.3 is 12.1 Å². The third-order valence-corrected chi connectivity index (χ3v) is 3.17. The summed E-state index contributed by atoms with van der Waals surface area (Å²) in [5.41, 5.74) is 0. The van der Waals surface area contributed by atoms with Gasteiger partial charge < -0.3 is 9.84 Å². The van der Waals surface area contributed by atoms with E-state index >= 15 is 0 Å².